The Kier molecular flexibility index (Phi) is 3.67. The Hall–Kier alpha value is -2.89. The first-order valence-corrected chi connectivity index (χ1v) is 8.25. The third kappa shape index (κ3) is 2.54. The maximum atomic E-state index is 12.7. The first kappa shape index (κ1) is 15.6. The molecule has 2 amide bonds. The molecule has 2 aromatic rings. The Balaban J connectivity index is 1.83. The zero-order chi connectivity index (χ0) is 17.6. The molecule has 0 bridgehead atoms. The fraction of sp³-hybridized carbons (Fsp3) is 0.316. The summed E-state index contributed by atoms with van der Waals surface area (Å²) in [5.74, 6) is 2.17. The number of fused-ring (bicyclic) bond motifs is 2. The van der Waals surface area contributed by atoms with Crippen LogP contribution in [0.2, 0.25) is 0 Å². The number of ether oxygens (including phenoxy) is 3. The largest absolute Gasteiger partial charge is 0.497 e. The van der Waals surface area contributed by atoms with E-state index in [1.807, 2.05) is 50.2 Å². The molecule has 0 saturated carbocycles. The molecular weight excluding hydrogens is 320 g/mol. The van der Waals surface area contributed by atoms with Crippen LogP contribution in [0.25, 0.3) is 0 Å². The fourth-order valence-corrected chi connectivity index (χ4v) is 3.36. The lowest BCUT2D eigenvalue weighted by molar-refractivity contribution is 0.174. The van der Waals surface area contributed by atoms with Gasteiger partial charge in [0.1, 0.15) is 5.75 Å². The number of anilines is 1. The van der Waals surface area contributed by atoms with Gasteiger partial charge in [0.15, 0.2) is 11.5 Å². The van der Waals surface area contributed by atoms with Gasteiger partial charge in [0.05, 0.1) is 18.8 Å². The van der Waals surface area contributed by atoms with Gasteiger partial charge in [0.25, 0.3) is 0 Å². The minimum atomic E-state index is -0.276. The maximum Gasteiger partial charge on any atom is 0.322 e. The summed E-state index contributed by atoms with van der Waals surface area (Å²) in [6, 6.07) is 11.2. The van der Waals surface area contributed by atoms with Crippen LogP contribution >= 0.6 is 0 Å². The smallest absolute Gasteiger partial charge is 0.322 e. The molecule has 4 rings (SSSR count). The van der Waals surface area contributed by atoms with Crippen LogP contribution in [0.3, 0.4) is 0 Å². The van der Waals surface area contributed by atoms with Crippen molar-refractivity contribution >= 4 is 11.7 Å². The third-order valence-corrected chi connectivity index (χ3v) is 4.54. The number of hydrogen-bond acceptors (Lipinski definition) is 4. The second-order valence-corrected chi connectivity index (χ2v) is 6.38. The minimum Gasteiger partial charge on any atom is -0.497 e. The van der Waals surface area contributed by atoms with Gasteiger partial charge >= 0.3 is 6.03 Å². The average Bonchev–Trinajstić information content (AvgIpc) is 3.07. The van der Waals surface area contributed by atoms with E-state index in [0.29, 0.717) is 5.75 Å². The Bertz CT molecular complexity index is 834. The van der Waals surface area contributed by atoms with Crippen LogP contribution < -0.4 is 24.4 Å². The van der Waals surface area contributed by atoms with Crippen LogP contribution in [0.4, 0.5) is 10.5 Å². The van der Waals surface area contributed by atoms with Gasteiger partial charge in [-0.3, -0.25) is 4.90 Å². The van der Waals surface area contributed by atoms with Crippen molar-refractivity contribution in [3.63, 3.8) is 0 Å². The topological polar surface area (TPSA) is 60.0 Å². The Labute approximate surface area is 146 Å². The van der Waals surface area contributed by atoms with Gasteiger partial charge in [-0.05, 0) is 49.7 Å². The summed E-state index contributed by atoms with van der Waals surface area (Å²) in [7, 11) is 1.64. The highest BCUT2D eigenvalue weighted by atomic mass is 16.7. The van der Waals surface area contributed by atoms with E-state index in [9.17, 15) is 4.79 Å². The molecule has 0 spiro atoms. The zero-order valence-electron chi connectivity index (χ0n) is 14.4. The lowest BCUT2D eigenvalue weighted by Gasteiger charge is -2.37. The normalized spacial score (nSPS) is 18.2. The van der Waals surface area contributed by atoms with Crippen molar-refractivity contribution in [2.45, 2.75) is 25.9 Å². The molecule has 2 aliphatic heterocycles. The molecule has 0 aromatic heterocycles. The molecule has 0 aliphatic carbocycles. The number of nitrogens with one attached hydrogen (secondary N) is 1. The summed E-state index contributed by atoms with van der Waals surface area (Å²) < 4.78 is 16.2. The molecule has 1 unspecified atom stereocenters. The van der Waals surface area contributed by atoms with Crippen molar-refractivity contribution in [1.29, 1.82) is 0 Å². The lowest BCUT2D eigenvalue weighted by Crippen LogP contribution is -2.50. The number of carbonyl (C=O) groups excluding carboxylic acids is 1. The summed E-state index contributed by atoms with van der Waals surface area (Å²) in [6.07, 6.45) is 0. The second kappa shape index (κ2) is 5.88. The zero-order valence-corrected chi connectivity index (χ0v) is 14.4. The van der Waals surface area contributed by atoms with Gasteiger partial charge in [0.2, 0.25) is 6.79 Å². The third-order valence-electron chi connectivity index (χ3n) is 4.54. The van der Waals surface area contributed by atoms with Crippen LogP contribution in [0.5, 0.6) is 17.2 Å². The van der Waals surface area contributed by atoms with Crippen LogP contribution in [0.1, 0.15) is 31.0 Å². The highest BCUT2D eigenvalue weighted by Gasteiger charge is 2.34. The first-order chi connectivity index (χ1) is 12.1. The predicted molar refractivity (Wildman–Crippen MR) is 93.5 cm³/mol. The average molecular weight is 340 g/mol. The van der Waals surface area contributed by atoms with Crippen LogP contribution in [0.15, 0.2) is 36.4 Å². The number of carbonyl (C=O) groups is 1. The molecule has 0 saturated heterocycles. The van der Waals surface area contributed by atoms with Crippen LogP contribution in [-0.4, -0.2) is 26.0 Å². The quantitative estimate of drug-likeness (QED) is 0.930. The highest BCUT2D eigenvalue weighted by Crippen LogP contribution is 2.41. The van der Waals surface area contributed by atoms with Crippen molar-refractivity contribution < 1.29 is 19.0 Å². The second-order valence-electron chi connectivity index (χ2n) is 6.38. The molecule has 25 heavy (non-hydrogen) atoms. The van der Waals surface area contributed by atoms with Gasteiger partial charge < -0.3 is 19.5 Å². The standard InChI is InChI=1S/C19H20N2O4/c1-11(2)21-15-6-5-13(23-3)9-14(15)18(20-19(21)22)12-4-7-16-17(8-12)25-10-24-16/h4-9,11,18H,10H2,1-3H3,(H,20,22). The van der Waals surface area contributed by atoms with E-state index in [1.165, 1.54) is 0 Å². The molecule has 6 heteroatoms. The maximum absolute atomic E-state index is 12.7. The van der Waals surface area contributed by atoms with E-state index >= 15 is 0 Å². The van der Waals surface area contributed by atoms with Gasteiger partial charge in [0, 0.05) is 11.6 Å². The SMILES string of the molecule is COc1ccc2c(c1)C(c1ccc3c(c1)OCO3)NC(=O)N2C(C)C. The van der Waals surface area contributed by atoms with E-state index in [2.05, 4.69) is 5.32 Å². The molecule has 0 radical (unpaired) electrons. The first-order valence-electron chi connectivity index (χ1n) is 8.25. The Morgan fingerprint density at radius 3 is 2.72 bits per heavy atom. The van der Waals surface area contributed by atoms with Gasteiger partial charge in [-0.15, -0.1) is 0 Å². The van der Waals surface area contributed by atoms with Gasteiger partial charge in [-0.1, -0.05) is 6.07 Å². The van der Waals surface area contributed by atoms with E-state index in [-0.39, 0.29) is 24.9 Å². The summed E-state index contributed by atoms with van der Waals surface area (Å²) in [6.45, 7) is 4.21. The molecule has 0 fully saturated rings. The summed E-state index contributed by atoms with van der Waals surface area (Å²) in [5, 5.41) is 3.10. The van der Waals surface area contributed by atoms with Gasteiger partial charge in [-0.25, -0.2) is 4.79 Å². The molecule has 1 N–H and O–H groups in total. The summed E-state index contributed by atoms with van der Waals surface area (Å²) in [5.41, 5.74) is 2.82. The van der Waals surface area contributed by atoms with Crippen molar-refractivity contribution in [2.75, 3.05) is 18.8 Å². The number of methoxy groups -OCH3 is 1. The van der Waals surface area contributed by atoms with Crippen molar-refractivity contribution in [1.82, 2.24) is 5.32 Å². The van der Waals surface area contributed by atoms with Crippen molar-refractivity contribution in [3.8, 4) is 17.2 Å². The van der Waals surface area contributed by atoms with E-state index < -0.39 is 0 Å². The number of urea groups is 1. The number of nitrogens with zero attached hydrogens (tertiary/aromatic N) is 1. The lowest BCUT2D eigenvalue weighted by atomic mass is 9.93. The summed E-state index contributed by atoms with van der Waals surface area (Å²) in [4.78, 5) is 14.5. The molecule has 6 nitrogen and oxygen atoms in total. The molecule has 130 valence electrons. The van der Waals surface area contributed by atoms with E-state index in [0.717, 1.165) is 28.3 Å². The van der Waals surface area contributed by atoms with Crippen LogP contribution in [0, 0.1) is 0 Å². The number of benzene rings is 2. The highest BCUT2D eigenvalue weighted by molar-refractivity contribution is 5.96. The van der Waals surface area contributed by atoms with Crippen LogP contribution in [-0.2, 0) is 0 Å². The monoisotopic (exact) mass is 340 g/mol. The van der Waals surface area contributed by atoms with E-state index in [4.69, 9.17) is 14.2 Å². The number of rotatable bonds is 3. The fourth-order valence-electron chi connectivity index (χ4n) is 3.36. The Morgan fingerprint density at radius 2 is 1.96 bits per heavy atom. The van der Waals surface area contributed by atoms with E-state index in [1.54, 1.807) is 12.0 Å². The molecule has 2 aliphatic rings. The van der Waals surface area contributed by atoms with Crippen molar-refractivity contribution in [2.24, 2.45) is 0 Å². The van der Waals surface area contributed by atoms with Crippen molar-refractivity contribution in [3.05, 3.63) is 47.5 Å². The van der Waals surface area contributed by atoms with Gasteiger partial charge in [-0.2, -0.15) is 0 Å². The Morgan fingerprint density at radius 1 is 1.16 bits per heavy atom. The number of amides is 2. The minimum absolute atomic E-state index is 0.0462. The predicted octanol–water partition coefficient (Wildman–Crippen LogP) is 3.45. The molecule has 2 aromatic carbocycles. The molecular formula is C19H20N2O4. The summed E-state index contributed by atoms with van der Waals surface area (Å²) >= 11 is 0. The molecule has 1 atom stereocenters. The number of hydrogen-bond donors (Lipinski definition) is 1. The molecule has 2 heterocycles.